The van der Waals surface area contributed by atoms with Gasteiger partial charge in [0.25, 0.3) is 0 Å². The highest BCUT2D eigenvalue weighted by atomic mass is 19.3. The Hall–Kier alpha value is -1.06. The van der Waals surface area contributed by atoms with Gasteiger partial charge in [0.15, 0.2) is 0 Å². The zero-order chi connectivity index (χ0) is 10.8. The Morgan fingerprint density at radius 2 is 1.67 bits per heavy atom. The summed E-state index contributed by atoms with van der Waals surface area (Å²) in [6, 6.07) is 6.50. The fourth-order valence-corrected chi connectivity index (χ4v) is 2.74. The van der Waals surface area contributed by atoms with Gasteiger partial charge >= 0.3 is 11.8 Å². The van der Waals surface area contributed by atoms with Crippen molar-refractivity contribution < 1.29 is 17.6 Å². The van der Waals surface area contributed by atoms with Crippen LogP contribution in [-0.2, 0) is 6.42 Å². The molecule has 1 aromatic rings. The summed E-state index contributed by atoms with van der Waals surface area (Å²) < 4.78 is 52.6. The molecule has 2 aliphatic rings. The highest BCUT2D eigenvalue weighted by Gasteiger charge is 2.79. The minimum atomic E-state index is -3.87. The minimum Gasteiger partial charge on any atom is -0.200 e. The largest absolute Gasteiger partial charge is 0.317 e. The summed E-state index contributed by atoms with van der Waals surface area (Å²) in [5.74, 6) is -10.2. The second-order valence-corrected chi connectivity index (χ2v) is 4.23. The minimum absolute atomic E-state index is 0.0728. The maximum absolute atomic E-state index is 13.2. The molecule has 0 spiro atoms. The van der Waals surface area contributed by atoms with Crippen LogP contribution in [0.4, 0.5) is 17.6 Å². The number of halogens is 4. The zero-order valence-corrected chi connectivity index (χ0v) is 7.68. The first-order valence-corrected chi connectivity index (χ1v) is 4.79. The van der Waals surface area contributed by atoms with Crippen LogP contribution < -0.4 is 0 Å². The maximum Gasteiger partial charge on any atom is 0.317 e. The molecule has 0 heterocycles. The lowest BCUT2D eigenvalue weighted by atomic mass is 9.67. The first-order valence-electron chi connectivity index (χ1n) is 4.79. The van der Waals surface area contributed by atoms with Gasteiger partial charge in [-0.3, -0.25) is 0 Å². The third-order valence-corrected chi connectivity index (χ3v) is 3.53. The van der Waals surface area contributed by atoms with Gasteiger partial charge in [-0.2, -0.15) is 17.6 Å². The molecule has 0 radical (unpaired) electrons. The predicted molar refractivity (Wildman–Crippen MR) is 46.3 cm³/mol. The van der Waals surface area contributed by atoms with Crippen LogP contribution in [0.25, 0.3) is 0 Å². The van der Waals surface area contributed by atoms with Gasteiger partial charge in [-0.1, -0.05) is 24.3 Å². The van der Waals surface area contributed by atoms with E-state index in [0.717, 1.165) is 0 Å². The van der Waals surface area contributed by atoms with Crippen LogP contribution in [0.1, 0.15) is 17.0 Å². The van der Waals surface area contributed by atoms with Crippen molar-refractivity contribution in [2.24, 2.45) is 5.92 Å². The van der Waals surface area contributed by atoms with E-state index in [2.05, 4.69) is 0 Å². The summed E-state index contributed by atoms with van der Waals surface area (Å²) in [4.78, 5) is 0. The predicted octanol–water partition coefficient (Wildman–Crippen LogP) is 3.23. The van der Waals surface area contributed by atoms with E-state index in [1.165, 1.54) is 6.07 Å². The van der Waals surface area contributed by atoms with E-state index in [1.807, 2.05) is 0 Å². The molecule has 1 saturated carbocycles. The molecule has 2 unspecified atom stereocenters. The molecular weight excluding hydrogens is 208 g/mol. The lowest BCUT2D eigenvalue weighted by Gasteiger charge is -2.48. The first-order chi connectivity index (χ1) is 6.96. The Labute approximate surface area is 83.9 Å². The normalized spacial score (nSPS) is 34.1. The van der Waals surface area contributed by atoms with Crippen LogP contribution in [0.5, 0.6) is 0 Å². The molecule has 0 bridgehead atoms. The molecule has 0 aliphatic heterocycles. The number of benzene rings is 1. The van der Waals surface area contributed by atoms with Crippen molar-refractivity contribution >= 4 is 0 Å². The summed E-state index contributed by atoms with van der Waals surface area (Å²) in [5.41, 5.74) is 1.04. The standard InChI is InChI=1S/C11H8F4/c12-10(13)8-5-6-3-1-2-4-7(6)9(8)11(10,14)15/h1-4,8-9H,5H2. The van der Waals surface area contributed by atoms with Gasteiger partial charge in [0.2, 0.25) is 0 Å². The summed E-state index contributed by atoms with van der Waals surface area (Å²) >= 11 is 0. The van der Waals surface area contributed by atoms with Crippen LogP contribution in [0.15, 0.2) is 24.3 Å². The van der Waals surface area contributed by atoms with Crippen molar-refractivity contribution in [3.05, 3.63) is 35.4 Å². The molecule has 0 saturated heterocycles. The molecule has 0 aromatic heterocycles. The molecule has 80 valence electrons. The fourth-order valence-electron chi connectivity index (χ4n) is 2.74. The number of fused-ring (bicyclic) bond motifs is 3. The zero-order valence-electron chi connectivity index (χ0n) is 7.68. The molecule has 0 N–H and O–H groups in total. The lowest BCUT2D eigenvalue weighted by molar-refractivity contribution is -0.324. The van der Waals surface area contributed by atoms with Crippen LogP contribution in [0.2, 0.25) is 0 Å². The third-order valence-electron chi connectivity index (χ3n) is 3.53. The average molecular weight is 216 g/mol. The van der Waals surface area contributed by atoms with Crippen molar-refractivity contribution in [2.75, 3.05) is 0 Å². The van der Waals surface area contributed by atoms with E-state index in [9.17, 15) is 17.6 Å². The number of hydrogen-bond donors (Lipinski definition) is 0. The molecule has 2 aliphatic carbocycles. The summed E-state index contributed by atoms with van der Waals surface area (Å²) in [5, 5.41) is 0. The molecule has 4 heteroatoms. The quantitative estimate of drug-likeness (QED) is 0.584. The van der Waals surface area contributed by atoms with Crippen LogP contribution >= 0.6 is 0 Å². The molecule has 3 rings (SSSR count). The van der Waals surface area contributed by atoms with Crippen LogP contribution in [-0.4, -0.2) is 11.8 Å². The number of alkyl halides is 4. The molecule has 0 nitrogen and oxygen atoms in total. The smallest absolute Gasteiger partial charge is 0.200 e. The van der Waals surface area contributed by atoms with Crippen LogP contribution in [0, 0.1) is 5.92 Å². The van der Waals surface area contributed by atoms with Crippen molar-refractivity contribution in [2.45, 2.75) is 24.2 Å². The van der Waals surface area contributed by atoms with Crippen molar-refractivity contribution in [1.29, 1.82) is 0 Å². The molecule has 1 fully saturated rings. The van der Waals surface area contributed by atoms with Crippen molar-refractivity contribution in [1.82, 2.24) is 0 Å². The molecular formula is C11H8F4. The fraction of sp³-hybridized carbons (Fsp3) is 0.455. The van der Waals surface area contributed by atoms with Gasteiger partial charge in [-0.25, -0.2) is 0 Å². The van der Waals surface area contributed by atoms with Gasteiger partial charge in [-0.15, -0.1) is 0 Å². The summed E-state index contributed by atoms with van der Waals surface area (Å²) in [6.07, 6.45) is 0.0728. The molecule has 15 heavy (non-hydrogen) atoms. The van der Waals surface area contributed by atoms with Crippen molar-refractivity contribution in [3.63, 3.8) is 0 Å². The van der Waals surface area contributed by atoms with E-state index in [4.69, 9.17) is 0 Å². The number of hydrogen-bond acceptors (Lipinski definition) is 0. The van der Waals surface area contributed by atoms with Gasteiger partial charge in [0.1, 0.15) is 0 Å². The van der Waals surface area contributed by atoms with Gasteiger partial charge < -0.3 is 0 Å². The lowest BCUT2D eigenvalue weighted by Crippen LogP contribution is -2.63. The highest BCUT2D eigenvalue weighted by molar-refractivity contribution is 5.44. The highest BCUT2D eigenvalue weighted by Crippen LogP contribution is 2.67. The first kappa shape index (κ1) is 9.19. The van der Waals surface area contributed by atoms with Crippen molar-refractivity contribution in [3.8, 4) is 0 Å². The van der Waals surface area contributed by atoms with Gasteiger partial charge in [0.05, 0.1) is 5.92 Å². The Morgan fingerprint density at radius 3 is 2.40 bits per heavy atom. The Balaban J connectivity index is 2.11. The summed E-state index contributed by atoms with van der Waals surface area (Å²) in [7, 11) is 0. The summed E-state index contributed by atoms with van der Waals surface area (Å²) in [6.45, 7) is 0. The Bertz CT molecular complexity index is 424. The van der Waals surface area contributed by atoms with Gasteiger partial charge in [-0.05, 0) is 17.5 Å². The van der Waals surface area contributed by atoms with E-state index in [-0.39, 0.29) is 6.42 Å². The van der Waals surface area contributed by atoms with E-state index in [1.54, 1.807) is 18.2 Å². The molecule has 1 aromatic carbocycles. The van der Waals surface area contributed by atoms with E-state index in [0.29, 0.717) is 11.1 Å². The second-order valence-electron chi connectivity index (χ2n) is 4.23. The Kier molecular flexibility index (Phi) is 1.45. The van der Waals surface area contributed by atoms with Gasteiger partial charge in [0, 0.05) is 5.92 Å². The number of rotatable bonds is 0. The van der Waals surface area contributed by atoms with E-state index < -0.39 is 23.7 Å². The second kappa shape index (κ2) is 2.36. The SMILES string of the molecule is FC1(F)C2Cc3ccccc3C2C1(F)F. The van der Waals surface area contributed by atoms with E-state index >= 15 is 0 Å². The Morgan fingerprint density at radius 1 is 1.00 bits per heavy atom. The molecule has 2 atom stereocenters. The average Bonchev–Trinajstić information content (AvgIpc) is 2.55. The third kappa shape index (κ3) is 0.840. The molecule has 0 amide bonds. The topological polar surface area (TPSA) is 0 Å². The van der Waals surface area contributed by atoms with Crippen LogP contribution in [0.3, 0.4) is 0 Å². The maximum atomic E-state index is 13.2. The monoisotopic (exact) mass is 216 g/mol.